The van der Waals surface area contributed by atoms with E-state index in [9.17, 15) is 4.79 Å². The highest BCUT2D eigenvalue weighted by Gasteiger charge is 1.94. The van der Waals surface area contributed by atoms with E-state index in [4.69, 9.17) is 16.2 Å². The Morgan fingerprint density at radius 2 is 1.95 bits per heavy atom. The molecule has 0 aliphatic carbocycles. The minimum absolute atomic E-state index is 0.358. The van der Waals surface area contributed by atoms with E-state index in [1.54, 1.807) is 19.2 Å². The van der Waals surface area contributed by atoms with Gasteiger partial charge in [-0.3, -0.25) is 9.79 Å². The maximum Gasteiger partial charge on any atom is 0.293 e. The van der Waals surface area contributed by atoms with Crippen molar-refractivity contribution >= 4 is 18.0 Å². The largest absolute Gasteiger partial charge is 0.465 e. The maximum atomic E-state index is 9.49. The van der Waals surface area contributed by atoms with Gasteiger partial charge in [-0.1, -0.05) is 0 Å². The van der Waals surface area contributed by atoms with Crippen LogP contribution in [0.25, 0.3) is 0 Å². The Labute approximate surface area is 113 Å². The molecule has 6 heteroatoms. The molecule has 19 heavy (non-hydrogen) atoms. The van der Waals surface area contributed by atoms with Gasteiger partial charge in [0.1, 0.15) is 12.4 Å². The molecule has 0 amide bonds. The van der Waals surface area contributed by atoms with E-state index in [-0.39, 0.29) is 0 Å². The first-order valence-corrected chi connectivity index (χ1v) is 5.86. The number of nitrogens with zero attached hydrogens (tertiary/aromatic N) is 1. The van der Waals surface area contributed by atoms with Crippen molar-refractivity contribution < 1.29 is 14.3 Å². The summed E-state index contributed by atoms with van der Waals surface area (Å²) in [6.45, 7) is 3.83. The first-order chi connectivity index (χ1) is 9.15. The van der Waals surface area contributed by atoms with E-state index in [0.29, 0.717) is 32.1 Å². The molecule has 0 bridgehead atoms. The first-order valence-electron chi connectivity index (χ1n) is 5.86. The predicted molar refractivity (Wildman–Crippen MR) is 76.0 cm³/mol. The Bertz CT molecular complexity index is 377. The monoisotopic (exact) mass is 267 g/mol. The van der Waals surface area contributed by atoms with Crippen LogP contribution in [0.3, 0.4) is 0 Å². The summed E-state index contributed by atoms with van der Waals surface area (Å²) in [7, 11) is 1.66. The van der Waals surface area contributed by atoms with Gasteiger partial charge in [0.25, 0.3) is 6.47 Å². The smallest absolute Gasteiger partial charge is 0.293 e. The summed E-state index contributed by atoms with van der Waals surface area (Å²) in [5, 5.41) is 0. The molecule has 4 N–H and O–H groups in total. The van der Waals surface area contributed by atoms with Crippen LogP contribution in [0.2, 0.25) is 0 Å². The van der Waals surface area contributed by atoms with E-state index in [2.05, 4.69) is 9.73 Å². The van der Waals surface area contributed by atoms with Gasteiger partial charge >= 0.3 is 0 Å². The molecular weight excluding hydrogens is 246 g/mol. The second kappa shape index (κ2) is 11.0. The fraction of sp³-hybridized carbons (Fsp3) is 0.385. The molecule has 0 aromatic heterocycles. The van der Waals surface area contributed by atoms with Crippen molar-refractivity contribution in [2.45, 2.75) is 6.92 Å². The normalized spacial score (nSPS) is 10.3. The van der Waals surface area contributed by atoms with E-state index in [1.165, 1.54) is 0 Å². The molecule has 106 valence electrons. The third kappa shape index (κ3) is 8.62. The van der Waals surface area contributed by atoms with Crippen LogP contribution < -0.4 is 11.5 Å². The molecule has 0 fully saturated rings. The molecular formula is C13H21N3O3. The highest BCUT2D eigenvalue weighted by molar-refractivity contribution is 5.97. The van der Waals surface area contributed by atoms with Gasteiger partial charge in [-0.05, 0) is 31.2 Å². The van der Waals surface area contributed by atoms with Crippen LogP contribution in [0.15, 0.2) is 29.3 Å². The lowest BCUT2D eigenvalue weighted by Crippen LogP contribution is -2.12. The number of carbonyl (C=O) groups is 1. The summed E-state index contributed by atoms with van der Waals surface area (Å²) in [6, 6.07) is 7.29. The zero-order chi connectivity index (χ0) is 14.5. The van der Waals surface area contributed by atoms with E-state index in [0.717, 1.165) is 11.3 Å². The molecule has 1 aromatic rings. The molecule has 0 aliphatic rings. The maximum absolute atomic E-state index is 9.49. The molecule has 1 aromatic carbocycles. The number of nitrogens with two attached hydrogens (primary N) is 2. The minimum Gasteiger partial charge on any atom is -0.465 e. The third-order valence-corrected chi connectivity index (χ3v) is 2.07. The van der Waals surface area contributed by atoms with Crippen molar-refractivity contribution in [1.29, 1.82) is 0 Å². The molecule has 0 unspecified atom stereocenters. The van der Waals surface area contributed by atoms with Crippen molar-refractivity contribution in [3.05, 3.63) is 29.8 Å². The zero-order valence-electron chi connectivity index (χ0n) is 11.3. The van der Waals surface area contributed by atoms with Gasteiger partial charge in [-0.2, -0.15) is 0 Å². The lowest BCUT2D eigenvalue weighted by atomic mass is 10.2. The molecule has 0 radical (unpaired) electrons. The number of ether oxygens (including phenoxy) is 2. The van der Waals surface area contributed by atoms with Crippen LogP contribution in [-0.2, 0) is 14.3 Å². The number of benzene rings is 1. The Morgan fingerprint density at radius 3 is 2.42 bits per heavy atom. The van der Waals surface area contributed by atoms with Crippen LogP contribution >= 0.6 is 0 Å². The minimum atomic E-state index is 0.358. The summed E-state index contributed by atoms with van der Waals surface area (Å²) in [5.74, 6) is 0.532. The number of hydrogen-bond acceptors (Lipinski definition) is 5. The Balaban J connectivity index is 0.000000362. The van der Waals surface area contributed by atoms with Crippen molar-refractivity contribution in [3.63, 3.8) is 0 Å². The molecule has 0 aliphatic heterocycles. The summed E-state index contributed by atoms with van der Waals surface area (Å²) >= 11 is 0. The summed E-state index contributed by atoms with van der Waals surface area (Å²) in [6.07, 6.45) is 0. The van der Waals surface area contributed by atoms with Gasteiger partial charge in [0.15, 0.2) is 0 Å². The van der Waals surface area contributed by atoms with Crippen LogP contribution in [0.5, 0.6) is 0 Å². The standard InChI is InChI=1S/C8H11N3.C5H10O3/c1-11-8(10)6-2-4-7(9)5-3-6;1-2-7-3-4-8-5-6/h2-5H,9H2,1H3,(H2,10,11);5H,2-4H2,1H3. The fourth-order valence-electron chi connectivity index (χ4n) is 1.08. The van der Waals surface area contributed by atoms with Gasteiger partial charge < -0.3 is 20.9 Å². The SMILES string of the molecule is CCOCCOC=O.CN=C(N)c1ccc(N)cc1. The lowest BCUT2D eigenvalue weighted by molar-refractivity contribution is -0.130. The molecule has 0 heterocycles. The third-order valence-electron chi connectivity index (χ3n) is 2.07. The van der Waals surface area contributed by atoms with Gasteiger partial charge in [0, 0.05) is 24.9 Å². The Morgan fingerprint density at radius 1 is 1.32 bits per heavy atom. The zero-order valence-corrected chi connectivity index (χ0v) is 11.3. The average molecular weight is 267 g/mol. The van der Waals surface area contributed by atoms with E-state index >= 15 is 0 Å². The number of nitrogen functional groups attached to an aromatic ring is 1. The summed E-state index contributed by atoms with van der Waals surface area (Å²) < 4.78 is 9.18. The van der Waals surface area contributed by atoms with Crippen LogP contribution in [0.1, 0.15) is 12.5 Å². The first kappa shape index (κ1) is 16.9. The number of amidine groups is 1. The molecule has 0 saturated carbocycles. The Kier molecular flexibility index (Phi) is 9.83. The number of rotatable bonds is 6. The quantitative estimate of drug-likeness (QED) is 0.261. The van der Waals surface area contributed by atoms with Crippen LogP contribution in [0, 0.1) is 0 Å². The molecule has 0 atom stereocenters. The van der Waals surface area contributed by atoms with Crippen molar-refractivity contribution in [2.75, 3.05) is 32.6 Å². The fourth-order valence-corrected chi connectivity index (χ4v) is 1.08. The molecule has 0 saturated heterocycles. The van der Waals surface area contributed by atoms with Gasteiger partial charge in [0.05, 0.1) is 6.61 Å². The highest BCUT2D eigenvalue weighted by Crippen LogP contribution is 2.04. The topological polar surface area (TPSA) is 99.9 Å². The number of hydrogen-bond donors (Lipinski definition) is 2. The highest BCUT2D eigenvalue weighted by atomic mass is 16.5. The van der Waals surface area contributed by atoms with Crippen molar-refractivity contribution in [1.82, 2.24) is 0 Å². The van der Waals surface area contributed by atoms with Crippen molar-refractivity contribution in [3.8, 4) is 0 Å². The molecule has 1 rings (SSSR count). The Hall–Kier alpha value is -2.08. The van der Waals surface area contributed by atoms with Gasteiger partial charge in [-0.25, -0.2) is 0 Å². The number of anilines is 1. The second-order valence-electron chi connectivity index (χ2n) is 3.39. The second-order valence-corrected chi connectivity index (χ2v) is 3.39. The lowest BCUT2D eigenvalue weighted by Gasteiger charge is -1.98. The predicted octanol–water partition coefficient (Wildman–Crippen LogP) is 0.800. The van der Waals surface area contributed by atoms with E-state index < -0.39 is 0 Å². The van der Waals surface area contributed by atoms with E-state index in [1.807, 2.05) is 19.1 Å². The van der Waals surface area contributed by atoms with Gasteiger partial charge in [-0.15, -0.1) is 0 Å². The van der Waals surface area contributed by atoms with Crippen LogP contribution in [-0.4, -0.2) is 39.2 Å². The molecule has 0 spiro atoms. The summed E-state index contributed by atoms with van der Waals surface area (Å²) in [5.41, 5.74) is 12.7. The van der Waals surface area contributed by atoms with Crippen LogP contribution in [0.4, 0.5) is 5.69 Å². The van der Waals surface area contributed by atoms with Crippen molar-refractivity contribution in [2.24, 2.45) is 10.7 Å². The summed E-state index contributed by atoms with van der Waals surface area (Å²) in [4.78, 5) is 13.3. The van der Waals surface area contributed by atoms with Gasteiger partial charge in [0.2, 0.25) is 0 Å². The number of carbonyl (C=O) groups excluding carboxylic acids is 1. The average Bonchev–Trinajstić information content (AvgIpc) is 2.44. The number of aliphatic imine (C=N–C) groups is 1. The molecule has 6 nitrogen and oxygen atoms in total.